The third kappa shape index (κ3) is 4.62. The van der Waals surface area contributed by atoms with Crippen molar-refractivity contribution in [3.63, 3.8) is 0 Å². The summed E-state index contributed by atoms with van der Waals surface area (Å²) in [5.74, 6) is 0.435. The number of benzene rings is 2. The molecule has 0 bridgehead atoms. The molecule has 4 rings (SSSR count). The zero-order chi connectivity index (χ0) is 22.5. The number of piperazine rings is 1. The second kappa shape index (κ2) is 9.35. The van der Waals surface area contributed by atoms with Crippen LogP contribution in [-0.2, 0) is 6.61 Å². The van der Waals surface area contributed by atoms with Gasteiger partial charge in [-0.15, -0.1) is 0 Å². The summed E-state index contributed by atoms with van der Waals surface area (Å²) in [4.78, 5) is 28.8. The number of hydrogen-bond donors (Lipinski definition) is 0. The first-order valence-corrected chi connectivity index (χ1v) is 10.3. The Bertz CT molecular complexity index is 1170. The lowest BCUT2D eigenvalue weighted by Gasteiger charge is -2.34. The van der Waals surface area contributed by atoms with Crippen molar-refractivity contribution in [1.82, 2.24) is 15.0 Å². The maximum absolute atomic E-state index is 13.0. The Morgan fingerprint density at radius 1 is 1.03 bits per heavy atom. The zero-order valence-corrected chi connectivity index (χ0v) is 17.7. The van der Waals surface area contributed by atoms with Gasteiger partial charge in [0.2, 0.25) is 5.76 Å². The van der Waals surface area contributed by atoms with Crippen molar-refractivity contribution in [3.8, 4) is 11.8 Å². The molecule has 1 aromatic heterocycles. The van der Waals surface area contributed by atoms with E-state index in [2.05, 4.69) is 11.2 Å². The molecular weight excluding hydrogens is 408 g/mol. The Morgan fingerprint density at radius 2 is 1.75 bits per heavy atom. The molecule has 0 spiro atoms. The van der Waals surface area contributed by atoms with Gasteiger partial charge in [-0.05, 0) is 31.2 Å². The first kappa shape index (κ1) is 21.1. The molecule has 0 aliphatic carbocycles. The van der Waals surface area contributed by atoms with E-state index in [1.54, 1.807) is 59.2 Å². The van der Waals surface area contributed by atoms with Crippen LogP contribution in [0.2, 0.25) is 0 Å². The minimum Gasteiger partial charge on any atom is -0.489 e. The molecule has 0 atom stereocenters. The molecule has 0 N–H and O–H groups in total. The molecule has 0 saturated carbocycles. The molecule has 162 valence electrons. The van der Waals surface area contributed by atoms with Gasteiger partial charge in [-0.25, -0.2) is 0 Å². The highest BCUT2D eigenvalue weighted by Gasteiger charge is 2.27. The lowest BCUT2D eigenvalue weighted by molar-refractivity contribution is 0.0512. The standard InChI is InChI=1S/C24H22N4O4/c1-17-13-22(32-26-17)24(30)28-11-9-27(10-12-28)23(29)18-7-4-8-21(14-18)31-16-20-6-3-2-5-19(20)15-25/h2-8,13-14H,9-12,16H2,1H3. The van der Waals surface area contributed by atoms with Crippen LogP contribution in [0.4, 0.5) is 0 Å². The van der Waals surface area contributed by atoms with Gasteiger partial charge in [0, 0.05) is 43.4 Å². The number of aryl methyl sites for hydroxylation is 1. The van der Waals surface area contributed by atoms with E-state index in [1.807, 2.05) is 12.1 Å². The molecule has 8 heteroatoms. The minimum atomic E-state index is -0.217. The van der Waals surface area contributed by atoms with Crippen LogP contribution in [-0.4, -0.2) is 52.9 Å². The van der Waals surface area contributed by atoms with Crippen LogP contribution in [0.15, 0.2) is 59.1 Å². The van der Waals surface area contributed by atoms with Crippen LogP contribution in [0.5, 0.6) is 5.75 Å². The number of hydrogen-bond acceptors (Lipinski definition) is 6. The van der Waals surface area contributed by atoms with Crippen LogP contribution in [0, 0.1) is 18.3 Å². The molecule has 32 heavy (non-hydrogen) atoms. The Morgan fingerprint density at radius 3 is 2.44 bits per heavy atom. The molecule has 1 saturated heterocycles. The summed E-state index contributed by atoms with van der Waals surface area (Å²) >= 11 is 0. The van der Waals surface area contributed by atoms with Crippen molar-refractivity contribution in [2.24, 2.45) is 0 Å². The van der Waals surface area contributed by atoms with Gasteiger partial charge in [-0.2, -0.15) is 5.26 Å². The zero-order valence-electron chi connectivity index (χ0n) is 17.7. The van der Waals surface area contributed by atoms with E-state index in [0.717, 1.165) is 5.56 Å². The molecule has 0 radical (unpaired) electrons. The Hall–Kier alpha value is -4.12. The maximum Gasteiger partial charge on any atom is 0.292 e. The highest BCUT2D eigenvalue weighted by molar-refractivity contribution is 5.95. The average Bonchev–Trinajstić information content (AvgIpc) is 3.28. The number of carbonyl (C=O) groups excluding carboxylic acids is 2. The van der Waals surface area contributed by atoms with Gasteiger partial charge in [0.1, 0.15) is 12.4 Å². The third-order valence-electron chi connectivity index (χ3n) is 5.31. The van der Waals surface area contributed by atoms with E-state index in [9.17, 15) is 14.9 Å². The molecule has 2 heterocycles. The van der Waals surface area contributed by atoms with Crippen molar-refractivity contribution in [2.75, 3.05) is 26.2 Å². The predicted octanol–water partition coefficient (Wildman–Crippen LogP) is 3.03. The molecule has 2 aromatic carbocycles. The fraction of sp³-hybridized carbons (Fsp3) is 0.250. The molecular formula is C24H22N4O4. The maximum atomic E-state index is 13.0. The Balaban J connectivity index is 1.36. The van der Waals surface area contributed by atoms with Gasteiger partial charge in [0.15, 0.2) is 0 Å². The molecule has 1 aliphatic rings. The van der Waals surface area contributed by atoms with Crippen molar-refractivity contribution >= 4 is 11.8 Å². The summed E-state index contributed by atoms with van der Waals surface area (Å²) < 4.78 is 10.9. The molecule has 3 aromatic rings. The van der Waals surface area contributed by atoms with Gasteiger partial charge in [0.05, 0.1) is 17.3 Å². The van der Waals surface area contributed by atoms with Crippen LogP contribution in [0.1, 0.15) is 37.7 Å². The summed E-state index contributed by atoms with van der Waals surface area (Å²) in [5, 5.41) is 13.0. The number of carbonyl (C=O) groups is 2. The smallest absolute Gasteiger partial charge is 0.292 e. The lowest BCUT2D eigenvalue weighted by Crippen LogP contribution is -2.50. The highest BCUT2D eigenvalue weighted by atomic mass is 16.5. The van der Waals surface area contributed by atoms with Crippen molar-refractivity contribution in [3.05, 3.63) is 82.7 Å². The summed E-state index contributed by atoms with van der Waals surface area (Å²) in [6, 6.07) is 18.0. The number of nitriles is 1. The molecule has 8 nitrogen and oxygen atoms in total. The number of ether oxygens (including phenoxy) is 1. The third-order valence-corrected chi connectivity index (χ3v) is 5.31. The van der Waals surface area contributed by atoms with Crippen molar-refractivity contribution in [2.45, 2.75) is 13.5 Å². The van der Waals surface area contributed by atoms with Gasteiger partial charge in [0.25, 0.3) is 11.8 Å². The topological polar surface area (TPSA) is 99.7 Å². The van der Waals surface area contributed by atoms with E-state index in [0.29, 0.717) is 48.7 Å². The quantitative estimate of drug-likeness (QED) is 0.617. The van der Waals surface area contributed by atoms with Gasteiger partial charge < -0.3 is 19.1 Å². The Kier molecular flexibility index (Phi) is 6.17. The van der Waals surface area contributed by atoms with Crippen LogP contribution in [0.3, 0.4) is 0 Å². The summed E-state index contributed by atoms with van der Waals surface area (Å²) in [6.45, 7) is 3.70. The van der Waals surface area contributed by atoms with E-state index >= 15 is 0 Å². The lowest BCUT2D eigenvalue weighted by atomic mass is 10.1. The normalized spacial score (nSPS) is 13.5. The first-order valence-electron chi connectivity index (χ1n) is 10.3. The van der Waals surface area contributed by atoms with Crippen molar-refractivity contribution < 1.29 is 18.8 Å². The summed E-state index contributed by atoms with van der Waals surface area (Å²) in [7, 11) is 0. The van der Waals surface area contributed by atoms with Gasteiger partial charge >= 0.3 is 0 Å². The largest absolute Gasteiger partial charge is 0.489 e. The number of nitrogens with zero attached hydrogens (tertiary/aromatic N) is 4. The Labute approximate surface area is 185 Å². The molecule has 0 unspecified atom stereocenters. The SMILES string of the molecule is Cc1cc(C(=O)N2CCN(C(=O)c3cccc(OCc4ccccc4C#N)c3)CC2)on1. The highest BCUT2D eigenvalue weighted by Crippen LogP contribution is 2.19. The van der Waals surface area contributed by atoms with Gasteiger partial charge in [-0.1, -0.05) is 29.4 Å². The second-order valence-corrected chi connectivity index (χ2v) is 7.50. The number of amides is 2. The first-order chi connectivity index (χ1) is 15.5. The van der Waals surface area contributed by atoms with Gasteiger partial charge in [-0.3, -0.25) is 9.59 Å². The minimum absolute atomic E-state index is 0.115. The average molecular weight is 430 g/mol. The fourth-order valence-corrected chi connectivity index (χ4v) is 3.55. The van der Waals surface area contributed by atoms with Crippen LogP contribution in [0.25, 0.3) is 0 Å². The monoisotopic (exact) mass is 430 g/mol. The summed E-state index contributed by atoms with van der Waals surface area (Å²) in [6.07, 6.45) is 0. The molecule has 2 amide bonds. The second-order valence-electron chi connectivity index (χ2n) is 7.50. The molecule has 1 aliphatic heterocycles. The van der Waals surface area contributed by atoms with Crippen LogP contribution < -0.4 is 4.74 Å². The van der Waals surface area contributed by atoms with E-state index in [4.69, 9.17) is 9.26 Å². The van der Waals surface area contributed by atoms with E-state index < -0.39 is 0 Å². The molecule has 1 fully saturated rings. The number of rotatable bonds is 5. The number of aromatic nitrogens is 1. The fourth-order valence-electron chi connectivity index (χ4n) is 3.55. The van der Waals surface area contributed by atoms with E-state index in [-0.39, 0.29) is 24.2 Å². The predicted molar refractivity (Wildman–Crippen MR) is 115 cm³/mol. The van der Waals surface area contributed by atoms with Crippen LogP contribution >= 0.6 is 0 Å². The van der Waals surface area contributed by atoms with E-state index in [1.165, 1.54) is 0 Å². The van der Waals surface area contributed by atoms with Crippen molar-refractivity contribution in [1.29, 1.82) is 5.26 Å². The summed E-state index contributed by atoms with van der Waals surface area (Å²) in [5.41, 5.74) is 2.52.